The molecule has 0 aliphatic carbocycles. The highest BCUT2D eigenvalue weighted by molar-refractivity contribution is 5.94. The predicted octanol–water partition coefficient (Wildman–Crippen LogP) is -0.711. The fraction of sp³-hybridized carbons (Fsp3) is 0.370. The summed E-state index contributed by atoms with van der Waals surface area (Å²) in [6.07, 6.45) is -2.27. The van der Waals surface area contributed by atoms with Crippen LogP contribution >= 0.6 is 0 Å². The molecule has 0 radical (unpaired) electrons. The Morgan fingerprint density at radius 3 is 1.90 bits per heavy atom. The quantitative estimate of drug-likeness (QED) is 0.137. The summed E-state index contributed by atoms with van der Waals surface area (Å²) < 4.78 is 0. The van der Waals surface area contributed by atoms with Crippen LogP contribution in [0.15, 0.2) is 54.6 Å². The number of carboxylic acid groups (broad SMARTS) is 2. The Balaban J connectivity index is 2.17. The third kappa shape index (κ3) is 10.3. The molecule has 0 aliphatic rings. The zero-order chi connectivity index (χ0) is 29.8. The number of nitrogens with one attached hydrogen (secondary N) is 3. The van der Waals surface area contributed by atoms with Crippen molar-refractivity contribution in [2.75, 3.05) is 0 Å². The monoisotopic (exact) mass is 558 g/mol. The molecule has 40 heavy (non-hydrogen) atoms. The van der Waals surface area contributed by atoms with Gasteiger partial charge in [0.05, 0.1) is 12.1 Å². The van der Waals surface area contributed by atoms with Gasteiger partial charge < -0.3 is 42.1 Å². The lowest BCUT2D eigenvalue weighted by molar-refractivity contribution is -0.143. The van der Waals surface area contributed by atoms with E-state index in [9.17, 15) is 39.3 Å². The molecule has 13 heteroatoms. The molecule has 2 rings (SSSR count). The summed E-state index contributed by atoms with van der Waals surface area (Å²) in [5, 5.41) is 45.0. The Morgan fingerprint density at radius 1 is 0.775 bits per heavy atom. The SMILES string of the molecule is CC(O)C(NC(=O)C(N)Cc1ccc(O)cc1)C(=O)NC(Cc1ccccc1)C(=O)NC(CCC(=O)O)C(=O)O. The van der Waals surface area contributed by atoms with Crippen molar-refractivity contribution in [3.8, 4) is 5.75 Å². The standard InChI is InChI=1S/C27H34N4O9/c1-15(32)23(31-24(36)19(28)13-17-7-9-18(33)10-8-17)26(38)30-21(14-16-5-3-2-4-6-16)25(37)29-20(27(39)40)11-12-22(34)35/h2-10,15,19-21,23,32-33H,11-14,28H2,1H3,(H,29,37)(H,30,38)(H,31,36)(H,34,35)(H,39,40). The number of aliphatic carboxylic acids is 2. The van der Waals surface area contributed by atoms with Crippen molar-refractivity contribution in [1.82, 2.24) is 16.0 Å². The lowest BCUT2D eigenvalue weighted by Crippen LogP contribution is -2.60. The van der Waals surface area contributed by atoms with E-state index in [0.29, 0.717) is 11.1 Å². The first-order chi connectivity index (χ1) is 18.9. The molecule has 0 saturated carbocycles. The molecule has 9 N–H and O–H groups in total. The highest BCUT2D eigenvalue weighted by atomic mass is 16.4. The number of phenolic OH excluding ortho intramolecular Hbond substituents is 1. The molecule has 0 spiro atoms. The molecule has 0 saturated heterocycles. The molecule has 0 aromatic heterocycles. The van der Waals surface area contributed by atoms with Gasteiger partial charge in [-0.25, -0.2) is 4.79 Å². The van der Waals surface area contributed by atoms with Crippen molar-refractivity contribution in [3.05, 3.63) is 65.7 Å². The number of aliphatic hydroxyl groups is 1. The molecule has 5 atom stereocenters. The summed E-state index contributed by atoms with van der Waals surface area (Å²) in [5.41, 5.74) is 7.24. The predicted molar refractivity (Wildman–Crippen MR) is 142 cm³/mol. The van der Waals surface area contributed by atoms with Gasteiger partial charge in [-0.2, -0.15) is 0 Å². The summed E-state index contributed by atoms with van der Waals surface area (Å²) in [6, 6.07) is 9.06. The van der Waals surface area contributed by atoms with Crippen molar-refractivity contribution in [3.63, 3.8) is 0 Å². The third-order valence-corrected chi connectivity index (χ3v) is 5.97. The van der Waals surface area contributed by atoms with Crippen LogP contribution in [0.4, 0.5) is 0 Å². The van der Waals surface area contributed by atoms with E-state index < -0.39 is 66.4 Å². The molecule has 0 bridgehead atoms. The summed E-state index contributed by atoms with van der Waals surface area (Å²) >= 11 is 0. The van der Waals surface area contributed by atoms with E-state index in [4.69, 9.17) is 10.8 Å². The maximum Gasteiger partial charge on any atom is 0.326 e. The Bertz CT molecular complexity index is 1170. The van der Waals surface area contributed by atoms with Crippen molar-refractivity contribution >= 4 is 29.7 Å². The molecular weight excluding hydrogens is 524 g/mol. The van der Waals surface area contributed by atoms with Crippen molar-refractivity contribution in [1.29, 1.82) is 0 Å². The number of rotatable bonds is 15. The summed E-state index contributed by atoms with van der Waals surface area (Å²) in [7, 11) is 0. The molecule has 2 aromatic carbocycles. The molecule has 13 nitrogen and oxygen atoms in total. The average Bonchev–Trinajstić information content (AvgIpc) is 2.90. The van der Waals surface area contributed by atoms with Crippen LogP contribution in [0.1, 0.15) is 30.9 Å². The number of aliphatic hydroxyl groups excluding tert-OH is 1. The first kappa shape index (κ1) is 31.7. The Labute approximate surface area is 230 Å². The number of carboxylic acids is 2. The minimum absolute atomic E-state index is 0.0401. The molecule has 5 unspecified atom stereocenters. The van der Waals surface area contributed by atoms with Crippen LogP contribution in [-0.4, -0.2) is 80.4 Å². The number of benzene rings is 2. The Morgan fingerprint density at radius 2 is 1.35 bits per heavy atom. The number of aromatic hydroxyl groups is 1. The Hall–Kier alpha value is -4.49. The van der Waals surface area contributed by atoms with Crippen LogP contribution in [0, 0.1) is 0 Å². The van der Waals surface area contributed by atoms with Crippen LogP contribution in [0.3, 0.4) is 0 Å². The topological polar surface area (TPSA) is 228 Å². The van der Waals surface area contributed by atoms with Gasteiger partial charge in [0.1, 0.15) is 23.9 Å². The number of carbonyl (C=O) groups is 5. The molecule has 2 aromatic rings. The number of amides is 3. The molecule has 0 heterocycles. The largest absolute Gasteiger partial charge is 0.508 e. The van der Waals surface area contributed by atoms with Gasteiger partial charge in [0.2, 0.25) is 17.7 Å². The molecule has 216 valence electrons. The molecule has 0 fully saturated rings. The smallest absolute Gasteiger partial charge is 0.326 e. The van der Waals surface area contributed by atoms with E-state index in [1.807, 2.05) is 0 Å². The average molecular weight is 559 g/mol. The van der Waals surface area contributed by atoms with Crippen LogP contribution in [0.2, 0.25) is 0 Å². The summed E-state index contributed by atoms with van der Waals surface area (Å²) in [6.45, 7) is 1.26. The van der Waals surface area contributed by atoms with Crippen LogP contribution in [-0.2, 0) is 36.8 Å². The number of hydrogen-bond donors (Lipinski definition) is 8. The first-order valence-electron chi connectivity index (χ1n) is 12.5. The van der Waals surface area contributed by atoms with Crippen LogP contribution in [0.25, 0.3) is 0 Å². The van der Waals surface area contributed by atoms with Gasteiger partial charge >= 0.3 is 11.9 Å². The second-order valence-electron chi connectivity index (χ2n) is 9.29. The fourth-order valence-corrected chi connectivity index (χ4v) is 3.76. The van der Waals surface area contributed by atoms with E-state index in [0.717, 1.165) is 0 Å². The first-order valence-corrected chi connectivity index (χ1v) is 12.5. The van der Waals surface area contributed by atoms with Crippen LogP contribution < -0.4 is 21.7 Å². The van der Waals surface area contributed by atoms with Crippen molar-refractivity contribution in [2.24, 2.45) is 5.73 Å². The van der Waals surface area contributed by atoms with Crippen molar-refractivity contribution < 1.29 is 44.4 Å². The van der Waals surface area contributed by atoms with Crippen LogP contribution in [0.5, 0.6) is 5.75 Å². The second kappa shape index (κ2) is 15.2. The zero-order valence-corrected chi connectivity index (χ0v) is 21.8. The minimum Gasteiger partial charge on any atom is -0.508 e. The van der Waals surface area contributed by atoms with Crippen molar-refractivity contribution in [2.45, 2.75) is 62.9 Å². The minimum atomic E-state index is -1.52. The number of carbonyl (C=O) groups excluding carboxylic acids is 3. The zero-order valence-electron chi connectivity index (χ0n) is 21.8. The van der Waals surface area contributed by atoms with Gasteiger partial charge in [-0.3, -0.25) is 19.2 Å². The molecular formula is C27H34N4O9. The van der Waals surface area contributed by atoms with E-state index >= 15 is 0 Å². The van der Waals surface area contributed by atoms with E-state index in [2.05, 4.69) is 16.0 Å². The Kier molecular flexibility index (Phi) is 12.0. The highest BCUT2D eigenvalue weighted by Crippen LogP contribution is 2.11. The van der Waals surface area contributed by atoms with Gasteiger partial charge in [-0.1, -0.05) is 42.5 Å². The number of nitrogens with two attached hydrogens (primary N) is 1. The second-order valence-corrected chi connectivity index (χ2v) is 9.29. The lowest BCUT2D eigenvalue weighted by atomic mass is 10.0. The van der Waals surface area contributed by atoms with Gasteiger partial charge in [-0.05, 0) is 43.0 Å². The van der Waals surface area contributed by atoms with Gasteiger partial charge in [0, 0.05) is 12.8 Å². The summed E-state index contributed by atoms with van der Waals surface area (Å²) in [4.78, 5) is 61.4. The third-order valence-electron chi connectivity index (χ3n) is 5.97. The molecule has 0 aliphatic heterocycles. The maximum atomic E-state index is 13.1. The normalized spacial score (nSPS) is 14.6. The van der Waals surface area contributed by atoms with Gasteiger partial charge in [0.25, 0.3) is 0 Å². The number of hydrogen-bond acceptors (Lipinski definition) is 8. The summed E-state index contributed by atoms with van der Waals surface area (Å²) in [5.74, 6) is -5.22. The maximum absolute atomic E-state index is 13.1. The highest BCUT2D eigenvalue weighted by Gasteiger charge is 2.32. The van der Waals surface area contributed by atoms with Gasteiger partial charge in [-0.15, -0.1) is 0 Å². The van der Waals surface area contributed by atoms with E-state index in [1.165, 1.54) is 19.1 Å². The van der Waals surface area contributed by atoms with Gasteiger partial charge in [0.15, 0.2) is 0 Å². The lowest BCUT2D eigenvalue weighted by Gasteiger charge is -2.26. The molecule has 3 amide bonds. The van der Waals surface area contributed by atoms with E-state index in [1.54, 1.807) is 42.5 Å². The van der Waals surface area contributed by atoms with E-state index in [-0.39, 0.29) is 25.0 Å². The number of phenols is 1. The fourth-order valence-electron chi connectivity index (χ4n) is 3.76.